The quantitative estimate of drug-likeness (QED) is 0.937. The zero-order chi connectivity index (χ0) is 13.1. The molecule has 6 heteroatoms. The predicted molar refractivity (Wildman–Crippen MR) is 75.4 cm³/mol. The van der Waals surface area contributed by atoms with E-state index in [4.69, 9.17) is 11.6 Å². The van der Waals surface area contributed by atoms with E-state index in [2.05, 4.69) is 38.4 Å². The summed E-state index contributed by atoms with van der Waals surface area (Å²) in [6.45, 7) is 2.82. The van der Waals surface area contributed by atoms with Crippen LogP contribution in [0.5, 0.6) is 0 Å². The van der Waals surface area contributed by atoms with E-state index < -0.39 is 0 Å². The normalized spacial score (nSPS) is 12.7. The summed E-state index contributed by atoms with van der Waals surface area (Å²) in [5.74, 6) is 0.919. The van der Waals surface area contributed by atoms with Crippen molar-refractivity contribution < 1.29 is 0 Å². The van der Waals surface area contributed by atoms with Gasteiger partial charge in [0.2, 0.25) is 0 Å². The number of rotatable bonds is 4. The average molecular weight is 330 g/mol. The summed E-state index contributed by atoms with van der Waals surface area (Å²) in [5, 5.41) is 12.1. The monoisotopic (exact) mass is 328 g/mol. The molecule has 0 spiro atoms. The van der Waals surface area contributed by atoms with E-state index in [-0.39, 0.29) is 6.04 Å². The number of hydrogen-bond donors (Lipinski definition) is 1. The van der Waals surface area contributed by atoms with Gasteiger partial charge in [0.05, 0.1) is 11.1 Å². The van der Waals surface area contributed by atoms with Crippen LogP contribution >= 0.6 is 27.5 Å². The molecule has 4 nitrogen and oxygen atoms in total. The van der Waals surface area contributed by atoms with Crippen LogP contribution in [0.1, 0.15) is 24.4 Å². The second kappa shape index (κ2) is 5.82. The summed E-state index contributed by atoms with van der Waals surface area (Å²) in [4.78, 5) is 0. The molecule has 1 unspecified atom stereocenters. The van der Waals surface area contributed by atoms with Gasteiger partial charge >= 0.3 is 0 Å². The first-order chi connectivity index (χ1) is 8.58. The predicted octanol–water partition coefficient (Wildman–Crippen LogP) is 3.08. The topological polar surface area (TPSA) is 42.7 Å². The second-order valence-electron chi connectivity index (χ2n) is 4.15. The van der Waals surface area contributed by atoms with E-state index in [1.165, 1.54) is 5.56 Å². The van der Waals surface area contributed by atoms with E-state index in [1.807, 2.05) is 29.8 Å². The molecule has 96 valence electrons. The van der Waals surface area contributed by atoms with E-state index in [1.54, 1.807) is 6.33 Å². The molecule has 1 aromatic carbocycles. The Balaban J connectivity index is 1.99. The van der Waals surface area contributed by atoms with Crippen molar-refractivity contribution in [1.29, 1.82) is 0 Å². The van der Waals surface area contributed by atoms with Gasteiger partial charge in [-0.05, 0) is 40.5 Å². The van der Waals surface area contributed by atoms with Gasteiger partial charge in [-0.15, -0.1) is 10.2 Å². The molecule has 0 fully saturated rings. The zero-order valence-corrected chi connectivity index (χ0v) is 12.5. The number of aromatic nitrogens is 3. The lowest BCUT2D eigenvalue weighted by atomic mass is 10.2. The Labute approximate surface area is 119 Å². The smallest absolute Gasteiger partial charge is 0.149 e. The van der Waals surface area contributed by atoms with Gasteiger partial charge in [0.15, 0.2) is 0 Å². The maximum absolute atomic E-state index is 5.96. The van der Waals surface area contributed by atoms with Gasteiger partial charge in [-0.1, -0.05) is 17.7 Å². The average Bonchev–Trinajstić information content (AvgIpc) is 2.77. The number of aryl methyl sites for hydroxylation is 1. The second-order valence-corrected chi connectivity index (χ2v) is 5.41. The first kappa shape index (κ1) is 13.5. The van der Waals surface area contributed by atoms with Crippen molar-refractivity contribution >= 4 is 27.5 Å². The minimum absolute atomic E-state index is 0.145. The van der Waals surface area contributed by atoms with Gasteiger partial charge in [-0.25, -0.2) is 0 Å². The Bertz CT molecular complexity index is 541. The third-order valence-electron chi connectivity index (χ3n) is 2.73. The Morgan fingerprint density at radius 3 is 2.89 bits per heavy atom. The largest absolute Gasteiger partial charge is 0.319 e. The van der Waals surface area contributed by atoms with Crippen LogP contribution in [0, 0.1) is 0 Å². The van der Waals surface area contributed by atoms with Crippen LogP contribution in [0.25, 0.3) is 0 Å². The number of halogens is 2. The van der Waals surface area contributed by atoms with Crippen molar-refractivity contribution in [2.24, 2.45) is 7.05 Å². The van der Waals surface area contributed by atoms with Crippen molar-refractivity contribution in [2.45, 2.75) is 19.5 Å². The van der Waals surface area contributed by atoms with Crippen molar-refractivity contribution in [3.63, 3.8) is 0 Å². The number of hydrogen-bond acceptors (Lipinski definition) is 3. The van der Waals surface area contributed by atoms with E-state index in [9.17, 15) is 0 Å². The van der Waals surface area contributed by atoms with E-state index >= 15 is 0 Å². The standard InChI is InChI=1S/C12H14BrClN4/c1-8(12-17-16-7-18(12)2)15-6-9-3-4-11(14)10(13)5-9/h3-5,7-8,15H,6H2,1-2H3. The lowest BCUT2D eigenvalue weighted by Gasteiger charge is -2.13. The highest BCUT2D eigenvalue weighted by molar-refractivity contribution is 9.10. The molecule has 18 heavy (non-hydrogen) atoms. The van der Waals surface area contributed by atoms with Crippen LogP contribution in [0.2, 0.25) is 5.02 Å². The molecule has 0 saturated heterocycles. The van der Waals surface area contributed by atoms with Crippen molar-refractivity contribution in [1.82, 2.24) is 20.1 Å². The molecular formula is C12H14BrClN4. The van der Waals surface area contributed by atoms with Gasteiger partial charge in [0.1, 0.15) is 12.2 Å². The Morgan fingerprint density at radius 1 is 1.50 bits per heavy atom. The Hall–Kier alpha value is -0.910. The van der Waals surface area contributed by atoms with Crippen LogP contribution in [0.3, 0.4) is 0 Å². The fraction of sp³-hybridized carbons (Fsp3) is 0.333. The molecule has 1 atom stereocenters. The summed E-state index contributed by atoms with van der Waals surface area (Å²) in [7, 11) is 1.94. The molecule has 2 rings (SSSR count). The summed E-state index contributed by atoms with van der Waals surface area (Å²) in [6, 6.07) is 6.05. The first-order valence-corrected chi connectivity index (χ1v) is 6.76. The lowest BCUT2D eigenvalue weighted by Crippen LogP contribution is -2.21. The Morgan fingerprint density at radius 2 is 2.28 bits per heavy atom. The summed E-state index contributed by atoms with van der Waals surface area (Å²) >= 11 is 9.37. The minimum atomic E-state index is 0.145. The van der Waals surface area contributed by atoms with Gasteiger partial charge in [0.25, 0.3) is 0 Å². The lowest BCUT2D eigenvalue weighted by molar-refractivity contribution is 0.528. The molecule has 0 aliphatic rings. The van der Waals surface area contributed by atoms with Crippen LogP contribution in [0.15, 0.2) is 29.0 Å². The number of nitrogens with one attached hydrogen (secondary N) is 1. The molecule has 1 N–H and O–H groups in total. The molecule has 0 radical (unpaired) electrons. The number of nitrogens with zero attached hydrogens (tertiary/aromatic N) is 3. The van der Waals surface area contributed by atoms with Crippen LogP contribution in [0.4, 0.5) is 0 Å². The molecule has 0 aliphatic heterocycles. The molecular weight excluding hydrogens is 316 g/mol. The maximum Gasteiger partial charge on any atom is 0.149 e. The first-order valence-electron chi connectivity index (χ1n) is 5.59. The van der Waals surface area contributed by atoms with Crippen LogP contribution in [-0.2, 0) is 13.6 Å². The summed E-state index contributed by atoms with van der Waals surface area (Å²) in [5.41, 5.74) is 1.17. The van der Waals surface area contributed by atoms with Crippen LogP contribution in [-0.4, -0.2) is 14.8 Å². The molecule has 2 aromatic rings. The fourth-order valence-corrected chi connectivity index (χ4v) is 2.24. The molecule has 0 amide bonds. The van der Waals surface area contributed by atoms with Crippen molar-refractivity contribution in [3.05, 3.63) is 45.4 Å². The summed E-state index contributed by atoms with van der Waals surface area (Å²) in [6.07, 6.45) is 1.70. The number of benzene rings is 1. The molecule has 0 aliphatic carbocycles. The molecule has 0 bridgehead atoms. The van der Waals surface area contributed by atoms with Crippen LogP contribution < -0.4 is 5.32 Å². The molecule has 1 heterocycles. The molecule has 1 aromatic heterocycles. The Kier molecular flexibility index (Phi) is 4.37. The van der Waals surface area contributed by atoms with Gasteiger partial charge in [-0.3, -0.25) is 0 Å². The van der Waals surface area contributed by atoms with Gasteiger partial charge in [-0.2, -0.15) is 0 Å². The van der Waals surface area contributed by atoms with Gasteiger partial charge in [0, 0.05) is 18.1 Å². The van der Waals surface area contributed by atoms with E-state index in [0.29, 0.717) is 0 Å². The van der Waals surface area contributed by atoms with E-state index in [0.717, 1.165) is 21.9 Å². The van der Waals surface area contributed by atoms with Crippen molar-refractivity contribution in [2.75, 3.05) is 0 Å². The molecule has 0 saturated carbocycles. The highest BCUT2D eigenvalue weighted by atomic mass is 79.9. The zero-order valence-electron chi connectivity index (χ0n) is 10.2. The fourth-order valence-electron chi connectivity index (χ4n) is 1.70. The minimum Gasteiger partial charge on any atom is -0.319 e. The van der Waals surface area contributed by atoms with Gasteiger partial charge < -0.3 is 9.88 Å². The third-order valence-corrected chi connectivity index (χ3v) is 3.94. The maximum atomic E-state index is 5.96. The third kappa shape index (κ3) is 3.10. The highest BCUT2D eigenvalue weighted by Crippen LogP contribution is 2.23. The SMILES string of the molecule is CC(NCc1ccc(Cl)c(Br)c1)c1nncn1C. The highest BCUT2D eigenvalue weighted by Gasteiger charge is 2.10. The summed E-state index contributed by atoms with van der Waals surface area (Å²) < 4.78 is 2.82. The van der Waals surface area contributed by atoms with Crippen molar-refractivity contribution in [3.8, 4) is 0 Å².